The van der Waals surface area contributed by atoms with Gasteiger partial charge in [-0.25, -0.2) is 9.97 Å². The van der Waals surface area contributed by atoms with Crippen molar-refractivity contribution in [3.8, 4) is 5.88 Å². The van der Waals surface area contributed by atoms with Gasteiger partial charge >= 0.3 is 0 Å². The number of hydrogen-bond donors (Lipinski definition) is 0. The lowest BCUT2D eigenvalue weighted by atomic mass is 10.2. The van der Waals surface area contributed by atoms with Crippen molar-refractivity contribution < 1.29 is 4.74 Å². The lowest BCUT2D eigenvalue weighted by Crippen LogP contribution is -1.94. The number of hydrogen-bond acceptors (Lipinski definition) is 3. The van der Waals surface area contributed by atoms with Gasteiger partial charge in [0.2, 0.25) is 5.88 Å². The molecule has 0 atom stereocenters. The molecule has 3 nitrogen and oxygen atoms in total. The smallest absolute Gasteiger partial charge is 0.225 e. The predicted octanol–water partition coefficient (Wildman–Crippen LogP) is 2.20. The van der Waals surface area contributed by atoms with Gasteiger partial charge in [-0.15, -0.1) is 0 Å². The molecule has 0 spiro atoms. The number of aromatic nitrogens is 2. The molecule has 0 aliphatic rings. The molecule has 1 aromatic carbocycles. The molecule has 0 aliphatic heterocycles. The largest absolute Gasteiger partial charge is 0.461 e. The molecule has 0 saturated carbocycles. The Bertz CT molecular complexity index is 414. The van der Waals surface area contributed by atoms with E-state index in [2.05, 4.69) is 9.97 Å². The van der Waals surface area contributed by atoms with E-state index in [1.54, 1.807) is 0 Å². The fourth-order valence-corrected chi connectivity index (χ4v) is 1.25. The van der Waals surface area contributed by atoms with E-state index in [1.165, 1.54) is 6.33 Å². The average molecular weight is 195 g/mol. The van der Waals surface area contributed by atoms with Crippen molar-refractivity contribution in [2.45, 2.75) is 0 Å². The summed E-state index contributed by atoms with van der Waals surface area (Å²) in [6, 6.07) is 7.73. The molecule has 0 fully saturated rings. The Labute approximate surface area is 80.3 Å². The van der Waals surface area contributed by atoms with Gasteiger partial charge in [0.15, 0.2) is 6.07 Å². The van der Waals surface area contributed by atoms with E-state index in [9.17, 15) is 0 Å². The maximum Gasteiger partial charge on any atom is 0.225 e. The second kappa shape index (κ2) is 3.58. The third kappa shape index (κ3) is 1.55. The van der Waals surface area contributed by atoms with Crippen LogP contribution in [0, 0.1) is 0 Å². The summed E-state index contributed by atoms with van der Waals surface area (Å²) in [6.07, 6.45) is 1.46. The first-order valence-electron chi connectivity index (χ1n) is 3.80. The molecule has 0 aliphatic carbocycles. The van der Waals surface area contributed by atoms with Crippen LogP contribution in [0.5, 0.6) is 5.88 Å². The zero-order valence-electron chi connectivity index (χ0n) is 6.77. The number of fused-ring (bicyclic) bond motifs is 1. The Kier molecular flexibility index (Phi) is 2.27. The monoisotopic (exact) mass is 194 g/mol. The second-order valence-electron chi connectivity index (χ2n) is 2.45. The summed E-state index contributed by atoms with van der Waals surface area (Å²) in [7, 11) is 0. The van der Waals surface area contributed by atoms with Gasteiger partial charge in [-0.3, -0.25) is 0 Å². The van der Waals surface area contributed by atoms with Crippen molar-refractivity contribution in [2.75, 3.05) is 6.07 Å². The molecule has 0 radical (unpaired) electrons. The number of halogens is 1. The van der Waals surface area contributed by atoms with Crippen molar-refractivity contribution in [3.63, 3.8) is 0 Å². The maximum absolute atomic E-state index is 5.45. The summed E-state index contributed by atoms with van der Waals surface area (Å²) in [5.74, 6) is 0.528. The fourth-order valence-electron chi connectivity index (χ4n) is 1.15. The van der Waals surface area contributed by atoms with E-state index >= 15 is 0 Å². The quantitative estimate of drug-likeness (QED) is 0.688. The third-order valence-electron chi connectivity index (χ3n) is 1.70. The average Bonchev–Trinajstić information content (AvgIpc) is 2.19. The minimum atomic E-state index is 0.0982. The topological polar surface area (TPSA) is 35.0 Å². The zero-order valence-corrected chi connectivity index (χ0v) is 7.53. The molecule has 0 bridgehead atoms. The fraction of sp³-hybridized carbons (Fsp3) is 0.111. The van der Waals surface area contributed by atoms with Gasteiger partial charge in [-0.2, -0.15) is 0 Å². The van der Waals surface area contributed by atoms with Gasteiger partial charge in [-0.1, -0.05) is 23.7 Å². The molecule has 4 heteroatoms. The van der Waals surface area contributed by atoms with Crippen LogP contribution in [0.4, 0.5) is 0 Å². The highest BCUT2D eigenvalue weighted by Gasteiger charge is 2.01. The van der Waals surface area contributed by atoms with Crippen LogP contribution in [-0.4, -0.2) is 16.0 Å². The highest BCUT2D eigenvalue weighted by atomic mass is 35.5. The summed E-state index contributed by atoms with van der Waals surface area (Å²) >= 11 is 5.45. The molecule has 0 N–H and O–H groups in total. The minimum Gasteiger partial charge on any atom is -0.461 e. The van der Waals surface area contributed by atoms with Crippen LogP contribution in [0.15, 0.2) is 30.6 Å². The Balaban J connectivity index is 2.61. The lowest BCUT2D eigenvalue weighted by Gasteiger charge is -2.03. The molecule has 0 amide bonds. The van der Waals surface area contributed by atoms with Crippen molar-refractivity contribution in [2.24, 2.45) is 0 Å². The van der Waals surface area contributed by atoms with E-state index in [1.807, 2.05) is 24.3 Å². The van der Waals surface area contributed by atoms with Gasteiger partial charge in [-0.05, 0) is 12.1 Å². The molecule has 0 unspecified atom stereocenters. The van der Waals surface area contributed by atoms with Crippen LogP contribution in [0.2, 0.25) is 0 Å². The Morgan fingerprint density at radius 2 is 2.08 bits per heavy atom. The van der Waals surface area contributed by atoms with E-state index in [4.69, 9.17) is 16.3 Å². The number of alkyl halides is 1. The first-order chi connectivity index (χ1) is 6.42. The Hall–Kier alpha value is -1.35. The normalized spacial score (nSPS) is 10.2. The van der Waals surface area contributed by atoms with Crippen molar-refractivity contribution >= 4 is 22.5 Å². The second-order valence-corrected chi connectivity index (χ2v) is 2.67. The van der Waals surface area contributed by atoms with Crippen LogP contribution in [0.1, 0.15) is 0 Å². The van der Waals surface area contributed by atoms with E-state index in [0.717, 1.165) is 10.9 Å². The van der Waals surface area contributed by atoms with Crippen LogP contribution < -0.4 is 4.74 Å². The highest BCUT2D eigenvalue weighted by molar-refractivity contribution is 6.17. The number of nitrogens with zero attached hydrogens (tertiary/aromatic N) is 2. The SMILES string of the molecule is ClCOc1ncnc2ccccc12. The van der Waals surface area contributed by atoms with E-state index < -0.39 is 0 Å². The summed E-state index contributed by atoms with van der Waals surface area (Å²) < 4.78 is 5.13. The minimum absolute atomic E-state index is 0.0982. The van der Waals surface area contributed by atoms with Gasteiger partial charge in [0.25, 0.3) is 0 Å². The van der Waals surface area contributed by atoms with Gasteiger partial charge in [0, 0.05) is 0 Å². The van der Waals surface area contributed by atoms with Crippen LogP contribution in [0.25, 0.3) is 10.9 Å². The molecular formula is C9H7ClN2O. The number of benzene rings is 1. The number of ether oxygens (including phenoxy) is 1. The molecule has 1 aromatic heterocycles. The standard InChI is InChI=1S/C9H7ClN2O/c10-5-13-9-7-3-1-2-4-8(7)11-6-12-9/h1-4,6H,5H2. The van der Waals surface area contributed by atoms with Gasteiger partial charge < -0.3 is 4.74 Å². The first kappa shape index (κ1) is 8.26. The molecule has 66 valence electrons. The molecule has 0 saturated heterocycles. The summed E-state index contributed by atoms with van der Waals surface area (Å²) in [4.78, 5) is 8.07. The van der Waals surface area contributed by atoms with Crippen LogP contribution >= 0.6 is 11.6 Å². The third-order valence-corrected chi connectivity index (χ3v) is 1.81. The van der Waals surface area contributed by atoms with Crippen molar-refractivity contribution in [1.29, 1.82) is 0 Å². The predicted molar refractivity (Wildman–Crippen MR) is 50.9 cm³/mol. The van der Waals surface area contributed by atoms with Crippen molar-refractivity contribution in [1.82, 2.24) is 9.97 Å². The Morgan fingerprint density at radius 3 is 2.92 bits per heavy atom. The van der Waals surface area contributed by atoms with Gasteiger partial charge in [0.1, 0.15) is 6.33 Å². The van der Waals surface area contributed by atoms with Crippen LogP contribution in [0.3, 0.4) is 0 Å². The Morgan fingerprint density at radius 1 is 1.23 bits per heavy atom. The summed E-state index contributed by atoms with van der Waals surface area (Å²) in [5.41, 5.74) is 0.859. The molecule has 2 rings (SSSR count). The first-order valence-corrected chi connectivity index (χ1v) is 4.34. The van der Waals surface area contributed by atoms with Crippen LogP contribution in [-0.2, 0) is 0 Å². The summed E-state index contributed by atoms with van der Waals surface area (Å²) in [5, 5.41) is 0.880. The van der Waals surface area contributed by atoms with Crippen molar-refractivity contribution in [3.05, 3.63) is 30.6 Å². The molecule has 2 aromatic rings. The zero-order chi connectivity index (χ0) is 9.10. The molecular weight excluding hydrogens is 188 g/mol. The highest BCUT2D eigenvalue weighted by Crippen LogP contribution is 2.20. The number of para-hydroxylation sites is 1. The van der Waals surface area contributed by atoms with E-state index in [-0.39, 0.29) is 6.07 Å². The number of rotatable bonds is 2. The summed E-state index contributed by atoms with van der Waals surface area (Å²) in [6.45, 7) is 0. The lowest BCUT2D eigenvalue weighted by molar-refractivity contribution is 0.377. The van der Waals surface area contributed by atoms with E-state index in [0.29, 0.717) is 5.88 Å². The molecule has 1 heterocycles. The molecule has 13 heavy (non-hydrogen) atoms. The van der Waals surface area contributed by atoms with Gasteiger partial charge in [0.05, 0.1) is 10.9 Å². The maximum atomic E-state index is 5.45.